The van der Waals surface area contributed by atoms with Crippen molar-refractivity contribution in [2.24, 2.45) is 29.1 Å². The van der Waals surface area contributed by atoms with Crippen molar-refractivity contribution in [3.05, 3.63) is 47.1 Å². The van der Waals surface area contributed by atoms with Gasteiger partial charge in [-0.1, -0.05) is 0 Å². The third kappa shape index (κ3) is 7.32. The minimum atomic E-state index is -1.85. The predicted molar refractivity (Wildman–Crippen MR) is 167 cm³/mol. The first-order valence-corrected chi connectivity index (χ1v) is 22.0. The molecule has 0 aromatic heterocycles. The van der Waals surface area contributed by atoms with Crippen molar-refractivity contribution in [2.45, 2.75) is 128 Å². The molecule has 4 aliphatic rings. The van der Waals surface area contributed by atoms with Gasteiger partial charge in [-0.25, -0.2) is 0 Å². The van der Waals surface area contributed by atoms with Crippen molar-refractivity contribution < 1.29 is 13.1 Å². The van der Waals surface area contributed by atoms with Gasteiger partial charge in [-0.3, -0.25) is 4.79 Å². The van der Waals surface area contributed by atoms with Crippen molar-refractivity contribution in [2.75, 3.05) is 0 Å². The van der Waals surface area contributed by atoms with Crippen molar-refractivity contribution in [1.29, 1.82) is 0 Å². The molecule has 39 heavy (non-hydrogen) atoms. The zero-order chi connectivity index (χ0) is 28.6. The molecule has 0 bridgehead atoms. The van der Waals surface area contributed by atoms with E-state index >= 15 is 0 Å². The van der Waals surface area contributed by atoms with Crippen molar-refractivity contribution in [3.63, 3.8) is 0 Å². The van der Waals surface area contributed by atoms with Gasteiger partial charge in [0, 0.05) is 5.92 Å². The second-order valence-corrected chi connectivity index (χ2v) is 22.6. The Kier molecular flexibility index (Phi) is 9.69. The molecule has 0 radical (unpaired) electrons. The molecule has 218 valence electrons. The molecule has 0 spiro atoms. The number of hydrogen-bond acceptors (Lipinski definition) is 3. The third-order valence-electron chi connectivity index (χ3n) is 10.8. The molecule has 4 rings (SSSR count). The van der Waals surface area contributed by atoms with Crippen LogP contribution in [0.3, 0.4) is 0 Å². The Labute approximate surface area is 244 Å². The Morgan fingerprint density at radius 1 is 1.21 bits per heavy atom. The van der Waals surface area contributed by atoms with E-state index in [1.807, 2.05) is 11.9 Å². The summed E-state index contributed by atoms with van der Waals surface area (Å²) >= 11 is -1.80. The summed E-state index contributed by atoms with van der Waals surface area (Å²) in [6.45, 7) is 16.5. The van der Waals surface area contributed by atoms with Gasteiger partial charge in [0.1, 0.15) is 0 Å². The fraction of sp³-hybridized carbons (Fsp3) is 0.735. The Morgan fingerprint density at radius 2 is 1.92 bits per heavy atom. The average Bonchev–Trinajstić information content (AvgIpc) is 3.62. The number of carbonyl (C=O) groups is 1. The first kappa shape index (κ1) is 31.1. The summed E-state index contributed by atoms with van der Waals surface area (Å²) in [5.74, 6) is 4.29. The van der Waals surface area contributed by atoms with E-state index in [2.05, 4.69) is 72.0 Å². The van der Waals surface area contributed by atoms with Crippen LogP contribution in [0.1, 0.15) is 92.4 Å². The quantitative estimate of drug-likeness (QED) is 0.191. The summed E-state index contributed by atoms with van der Waals surface area (Å²) in [6, 6.07) is 0. The molecular weight excluding hydrogens is 563 g/mol. The molecule has 4 aliphatic carbocycles. The molecule has 0 heterocycles. The summed E-state index contributed by atoms with van der Waals surface area (Å²) in [5.41, 5.74) is 4.57. The summed E-state index contributed by atoms with van der Waals surface area (Å²) < 4.78 is 19.1. The molecular formula is C34H54O3SeSi. The van der Waals surface area contributed by atoms with Gasteiger partial charge in [-0.2, -0.15) is 0 Å². The van der Waals surface area contributed by atoms with Crippen LogP contribution in [0.2, 0.25) is 29.3 Å². The van der Waals surface area contributed by atoms with Crippen LogP contribution in [0.5, 0.6) is 0 Å². The standard InChI is InChI=1S/C34H54O3SeSi/c1-24(11-20-32(35)26-13-14-26)30-18-19-31-25(10-9-21-34(30,31)5)12-15-27-22-29(17-16-28(27)23-38(6)36)37-39(7,8)33(2,3)4/h11-12,15-16,20,24,26,29-31H,9-10,13-14,17-19,21-23H2,1-8H3/b20-11+,25-12+,27-15+/t24?,29-,30+,31-,34+,38?/m0/s1. The number of ketones is 1. The van der Waals surface area contributed by atoms with Gasteiger partial charge >= 0.3 is 216 Å². The fourth-order valence-corrected chi connectivity index (χ4v) is 10.3. The van der Waals surface area contributed by atoms with Crippen LogP contribution in [0, 0.1) is 29.1 Å². The molecule has 3 fully saturated rings. The Morgan fingerprint density at radius 3 is 2.56 bits per heavy atom. The number of carbonyl (C=O) groups excluding carboxylic acids is 1. The second-order valence-electron chi connectivity index (χ2n) is 14.8. The van der Waals surface area contributed by atoms with Gasteiger partial charge < -0.3 is 0 Å². The molecule has 0 amide bonds. The van der Waals surface area contributed by atoms with E-state index in [0.717, 1.165) is 31.0 Å². The minimum absolute atomic E-state index is 0.196. The molecule has 2 unspecified atom stereocenters. The van der Waals surface area contributed by atoms with E-state index in [4.69, 9.17) is 4.43 Å². The Bertz CT molecular complexity index is 1070. The zero-order valence-electron chi connectivity index (χ0n) is 26.0. The fourth-order valence-electron chi connectivity index (χ4n) is 7.33. The van der Waals surface area contributed by atoms with Gasteiger partial charge in [0.05, 0.1) is 0 Å². The van der Waals surface area contributed by atoms with Crippen LogP contribution >= 0.6 is 0 Å². The molecule has 6 atom stereocenters. The SMILES string of the molecule is CC(/C=C/C(=O)C1CC1)[C@H]1CC[C@H]2/C(=C/C=C3\C[C@@H](O[Si](C)(C)C(C)(C)C)CC=C3C[Se](C)=O)CCC[C@]12C. The van der Waals surface area contributed by atoms with Crippen LogP contribution in [0.25, 0.3) is 0 Å². The first-order valence-electron chi connectivity index (χ1n) is 15.5. The van der Waals surface area contributed by atoms with Gasteiger partial charge in [-0.15, -0.1) is 0 Å². The van der Waals surface area contributed by atoms with Crippen molar-refractivity contribution in [3.8, 4) is 0 Å². The molecule has 3 saturated carbocycles. The van der Waals surface area contributed by atoms with Gasteiger partial charge in [0.15, 0.2) is 5.78 Å². The summed E-state index contributed by atoms with van der Waals surface area (Å²) in [6.07, 6.45) is 21.8. The summed E-state index contributed by atoms with van der Waals surface area (Å²) in [5, 5.41) is 0.927. The average molecular weight is 618 g/mol. The van der Waals surface area contributed by atoms with E-state index in [9.17, 15) is 8.63 Å². The van der Waals surface area contributed by atoms with Crippen LogP contribution in [-0.4, -0.2) is 34.0 Å². The predicted octanol–water partition coefficient (Wildman–Crippen LogP) is 9.39. The number of rotatable bonds is 9. The van der Waals surface area contributed by atoms with Crippen LogP contribution in [0.4, 0.5) is 0 Å². The van der Waals surface area contributed by atoms with E-state index in [1.54, 1.807) is 5.57 Å². The Balaban J connectivity index is 1.52. The van der Waals surface area contributed by atoms with E-state index in [1.165, 1.54) is 43.3 Å². The zero-order valence-corrected chi connectivity index (χ0v) is 28.7. The molecule has 3 nitrogen and oxygen atoms in total. The van der Waals surface area contributed by atoms with Gasteiger partial charge in [0.25, 0.3) is 0 Å². The summed E-state index contributed by atoms with van der Waals surface area (Å²) in [7, 11) is -1.85. The van der Waals surface area contributed by atoms with Crippen molar-refractivity contribution >= 4 is 27.9 Å². The molecule has 0 aliphatic heterocycles. The van der Waals surface area contributed by atoms with E-state index < -0.39 is 22.2 Å². The van der Waals surface area contributed by atoms with Crippen LogP contribution in [0.15, 0.2) is 47.1 Å². The molecule has 0 aromatic carbocycles. The van der Waals surface area contributed by atoms with Crippen LogP contribution < -0.4 is 0 Å². The number of allylic oxidation sites excluding steroid dienone is 6. The normalized spacial score (nSPS) is 33.8. The maximum atomic E-state index is 12.3. The molecule has 5 heteroatoms. The summed E-state index contributed by atoms with van der Waals surface area (Å²) in [4.78, 5) is 12.3. The molecule has 0 aromatic rings. The first-order chi connectivity index (χ1) is 18.2. The third-order valence-corrected chi connectivity index (χ3v) is 16.9. The second kappa shape index (κ2) is 12.2. The molecule has 0 saturated heterocycles. The molecule has 0 N–H and O–H groups in total. The Hall–Kier alpha value is -0.874. The van der Waals surface area contributed by atoms with Gasteiger partial charge in [-0.05, 0) is 12.8 Å². The van der Waals surface area contributed by atoms with Crippen molar-refractivity contribution in [1.82, 2.24) is 0 Å². The van der Waals surface area contributed by atoms with E-state index in [-0.39, 0.29) is 11.1 Å². The number of hydrogen-bond donors (Lipinski definition) is 0. The van der Waals surface area contributed by atoms with E-state index in [0.29, 0.717) is 34.9 Å². The topological polar surface area (TPSA) is 43.4 Å². The maximum absolute atomic E-state index is 12.3. The number of fused-ring (bicyclic) bond motifs is 1. The monoisotopic (exact) mass is 618 g/mol. The van der Waals surface area contributed by atoms with Gasteiger partial charge in [0.2, 0.25) is 0 Å². The van der Waals surface area contributed by atoms with Crippen LogP contribution in [-0.2, 0) is 13.1 Å².